The topological polar surface area (TPSA) is 148 Å². The van der Waals surface area contributed by atoms with E-state index >= 15 is 0 Å². The molecule has 8 heteroatoms. The van der Waals surface area contributed by atoms with Crippen LogP contribution in [-0.2, 0) is 9.53 Å². The molecule has 0 amide bonds. The smallest absolute Gasteiger partial charge is 0.332 e. The molecule has 0 saturated carbocycles. The molecular weight excluding hydrogens is 236 g/mol. The maximum absolute atomic E-state index is 10.4. The van der Waals surface area contributed by atoms with Crippen molar-refractivity contribution < 1.29 is 40.2 Å². The van der Waals surface area contributed by atoms with E-state index in [0.29, 0.717) is 0 Å². The number of ether oxygens (including phenoxy) is 1. The zero-order chi connectivity index (χ0) is 13.6. The summed E-state index contributed by atoms with van der Waals surface area (Å²) in [5.74, 6) is -1.23. The van der Waals surface area contributed by atoms with Gasteiger partial charge in [-0.1, -0.05) is 0 Å². The highest BCUT2D eigenvalue weighted by atomic mass is 16.5. The Kier molecular flexibility index (Phi) is 7.19. The van der Waals surface area contributed by atoms with E-state index in [1.165, 1.54) is 6.92 Å². The van der Waals surface area contributed by atoms with Gasteiger partial charge in [0.05, 0.1) is 13.2 Å². The molecule has 8 nitrogen and oxygen atoms in total. The van der Waals surface area contributed by atoms with Gasteiger partial charge in [0, 0.05) is 0 Å². The summed E-state index contributed by atoms with van der Waals surface area (Å²) in [6, 6.07) is 0. The van der Waals surface area contributed by atoms with Gasteiger partial charge in [-0.3, -0.25) is 0 Å². The molecule has 0 aromatic carbocycles. The second-order valence-corrected chi connectivity index (χ2v) is 3.61. The van der Waals surface area contributed by atoms with E-state index in [2.05, 4.69) is 4.74 Å². The molecule has 0 bridgehead atoms. The summed E-state index contributed by atoms with van der Waals surface area (Å²) < 4.78 is 4.69. The highest BCUT2D eigenvalue weighted by molar-refractivity contribution is 5.71. The lowest BCUT2D eigenvalue weighted by atomic mass is 10.0. The molecule has 0 aliphatic carbocycles. The van der Waals surface area contributed by atoms with E-state index in [9.17, 15) is 20.1 Å². The van der Waals surface area contributed by atoms with Crippen LogP contribution in [0.1, 0.15) is 6.92 Å². The molecule has 0 aromatic heterocycles. The summed E-state index contributed by atoms with van der Waals surface area (Å²) in [6.07, 6.45) is -7.85. The van der Waals surface area contributed by atoms with Gasteiger partial charge in [-0.25, -0.2) is 4.79 Å². The lowest BCUT2D eigenvalue weighted by Crippen LogP contribution is -2.47. The number of hydrogen-bond acceptors (Lipinski definition) is 7. The minimum Gasteiger partial charge on any atom is -0.479 e. The summed E-state index contributed by atoms with van der Waals surface area (Å²) in [7, 11) is 0. The molecule has 17 heavy (non-hydrogen) atoms. The number of carbonyl (C=O) groups is 1. The molecule has 0 saturated heterocycles. The Morgan fingerprint density at radius 3 is 2.00 bits per heavy atom. The molecule has 0 fully saturated rings. The molecular formula is C9H18O8. The van der Waals surface area contributed by atoms with Gasteiger partial charge in [0.2, 0.25) is 0 Å². The fourth-order valence-electron chi connectivity index (χ4n) is 0.976. The molecule has 1 unspecified atom stereocenters. The summed E-state index contributed by atoms with van der Waals surface area (Å²) in [5, 5.41) is 53.9. The Balaban J connectivity index is 4.13. The summed E-state index contributed by atoms with van der Waals surface area (Å²) in [6.45, 7) is -0.0678. The van der Waals surface area contributed by atoms with Crippen LogP contribution in [0.5, 0.6) is 0 Å². The minimum atomic E-state index is -1.75. The summed E-state index contributed by atoms with van der Waals surface area (Å²) in [4.78, 5) is 10.4. The Labute approximate surface area is 97.7 Å². The maximum atomic E-state index is 10.4. The third kappa shape index (κ3) is 5.39. The first kappa shape index (κ1) is 16.2. The summed E-state index contributed by atoms with van der Waals surface area (Å²) in [5.41, 5.74) is 0. The van der Waals surface area contributed by atoms with Crippen molar-refractivity contribution in [3.63, 3.8) is 0 Å². The van der Waals surface area contributed by atoms with E-state index < -0.39 is 49.7 Å². The van der Waals surface area contributed by atoms with Crippen molar-refractivity contribution >= 4 is 5.97 Å². The number of rotatable bonds is 8. The molecule has 0 heterocycles. The Bertz CT molecular complexity index is 233. The van der Waals surface area contributed by atoms with Gasteiger partial charge >= 0.3 is 5.97 Å². The Hall–Kier alpha value is -0.770. The first-order chi connectivity index (χ1) is 7.81. The lowest BCUT2D eigenvalue weighted by molar-refractivity contribution is -0.157. The van der Waals surface area contributed by atoms with Crippen LogP contribution in [0.3, 0.4) is 0 Å². The highest BCUT2D eigenvalue weighted by Crippen LogP contribution is 2.06. The second kappa shape index (κ2) is 7.54. The predicted molar refractivity (Wildman–Crippen MR) is 54.2 cm³/mol. The van der Waals surface area contributed by atoms with Gasteiger partial charge in [0.1, 0.15) is 24.4 Å². The molecule has 0 spiro atoms. The molecule has 6 N–H and O–H groups in total. The molecule has 0 radical (unpaired) electrons. The van der Waals surface area contributed by atoms with E-state index in [1.807, 2.05) is 0 Å². The molecule has 102 valence electrons. The van der Waals surface area contributed by atoms with Gasteiger partial charge in [0.15, 0.2) is 6.10 Å². The van der Waals surface area contributed by atoms with Crippen LogP contribution in [-0.4, -0.2) is 80.3 Å². The van der Waals surface area contributed by atoms with Gasteiger partial charge in [-0.05, 0) is 6.92 Å². The van der Waals surface area contributed by atoms with Crippen molar-refractivity contribution in [1.82, 2.24) is 0 Å². The second-order valence-electron chi connectivity index (χ2n) is 3.61. The monoisotopic (exact) mass is 254 g/mol. The van der Waals surface area contributed by atoms with Gasteiger partial charge in [-0.2, -0.15) is 0 Å². The van der Waals surface area contributed by atoms with E-state index in [0.717, 1.165) is 0 Å². The summed E-state index contributed by atoms with van der Waals surface area (Å²) >= 11 is 0. The number of carboxylic acids is 1. The van der Waals surface area contributed by atoms with Crippen molar-refractivity contribution in [2.45, 2.75) is 37.4 Å². The van der Waals surface area contributed by atoms with Crippen LogP contribution < -0.4 is 0 Å². The fourth-order valence-corrected chi connectivity index (χ4v) is 0.976. The standard InChI is InChI=1S/C9H18O8/c1-4(9(15)16)17-3-6(12)8(14)7(13)5(11)2-10/h4-8,10-14H,2-3H2,1H3,(H,15,16)/t4?,5-,6+,7-,8-/m1/s1. The average Bonchev–Trinajstić information content (AvgIpc) is 2.32. The first-order valence-corrected chi connectivity index (χ1v) is 4.98. The largest absolute Gasteiger partial charge is 0.479 e. The molecule has 0 rings (SSSR count). The zero-order valence-electron chi connectivity index (χ0n) is 9.30. The zero-order valence-corrected chi connectivity index (χ0v) is 9.30. The Morgan fingerprint density at radius 2 is 1.59 bits per heavy atom. The SMILES string of the molecule is CC(OC[C@H](O)[C@@H](O)[C@H](O)[C@H](O)CO)C(=O)O. The number of aliphatic hydroxyl groups is 5. The predicted octanol–water partition coefficient (Wildman–Crippen LogP) is -3.09. The van der Waals surface area contributed by atoms with Crippen LogP contribution in [0.25, 0.3) is 0 Å². The van der Waals surface area contributed by atoms with Crippen LogP contribution in [0, 0.1) is 0 Å². The van der Waals surface area contributed by atoms with Crippen LogP contribution in [0.15, 0.2) is 0 Å². The molecule has 5 atom stereocenters. The third-order valence-corrected chi connectivity index (χ3v) is 2.19. The van der Waals surface area contributed by atoms with Crippen molar-refractivity contribution in [1.29, 1.82) is 0 Å². The average molecular weight is 254 g/mol. The van der Waals surface area contributed by atoms with Crippen molar-refractivity contribution in [3.8, 4) is 0 Å². The number of hydrogen-bond donors (Lipinski definition) is 6. The van der Waals surface area contributed by atoms with E-state index in [-0.39, 0.29) is 0 Å². The lowest BCUT2D eigenvalue weighted by Gasteiger charge is -2.25. The van der Waals surface area contributed by atoms with Gasteiger partial charge < -0.3 is 35.4 Å². The normalized spacial score (nSPS) is 20.4. The number of aliphatic hydroxyl groups excluding tert-OH is 5. The van der Waals surface area contributed by atoms with Gasteiger partial charge in [0.25, 0.3) is 0 Å². The fraction of sp³-hybridized carbons (Fsp3) is 0.889. The van der Waals surface area contributed by atoms with Crippen molar-refractivity contribution in [2.75, 3.05) is 13.2 Å². The van der Waals surface area contributed by atoms with E-state index in [1.54, 1.807) is 0 Å². The molecule has 0 aromatic rings. The number of carboxylic acid groups (broad SMARTS) is 1. The van der Waals surface area contributed by atoms with Crippen LogP contribution >= 0.6 is 0 Å². The van der Waals surface area contributed by atoms with Gasteiger partial charge in [-0.15, -0.1) is 0 Å². The van der Waals surface area contributed by atoms with Crippen molar-refractivity contribution in [2.24, 2.45) is 0 Å². The quantitative estimate of drug-likeness (QED) is 0.267. The van der Waals surface area contributed by atoms with Crippen molar-refractivity contribution in [3.05, 3.63) is 0 Å². The minimum absolute atomic E-state index is 0.524. The van der Waals surface area contributed by atoms with Crippen LogP contribution in [0.4, 0.5) is 0 Å². The number of aliphatic carboxylic acids is 1. The van der Waals surface area contributed by atoms with Crippen LogP contribution in [0.2, 0.25) is 0 Å². The molecule has 0 aliphatic rings. The first-order valence-electron chi connectivity index (χ1n) is 4.98. The Morgan fingerprint density at radius 1 is 1.12 bits per heavy atom. The highest BCUT2D eigenvalue weighted by Gasteiger charge is 2.30. The molecule has 0 aliphatic heterocycles. The third-order valence-electron chi connectivity index (χ3n) is 2.19. The maximum Gasteiger partial charge on any atom is 0.332 e. The van der Waals surface area contributed by atoms with E-state index in [4.69, 9.17) is 15.3 Å².